The quantitative estimate of drug-likeness (QED) is 0.528. The summed E-state index contributed by atoms with van der Waals surface area (Å²) in [7, 11) is 0. The number of aliphatic hydroxyl groups is 1. The third kappa shape index (κ3) is 3.09. The second-order valence-corrected chi connectivity index (χ2v) is 7.94. The molecule has 2 saturated heterocycles. The fourth-order valence-electron chi connectivity index (χ4n) is 4.89. The molecular weight excluding hydrogens is 368 g/mol. The summed E-state index contributed by atoms with van der Waals surface area (Å²) in [6.07, 6.45) is 9.30. The standard InChI is InChI=1S/C21H24N6O2/c22-20(29)17-10-25-21-16(5-6-23-21)19(17)26-13-7-14-2-3-15(8-13)27(14)18-4-1-12(11-28)9-24-18/h1,4-6,9-10,13-15,28H,2-3,7-8,11H2,(H2,22,29)(H2,23,25,26)/t13-,14-,15+. The van der Waals surface area contributed by atoms with Crippen LogP contribution < -0.4 is 16.0 Å². The van der Waals surface area contributed by atoms with Gasteiger partial charge in [0.1, 0.15) is 11.5 Å². The maximum Gasteiger partial charge on any atom is 0.252 e. The first-order valence-electron chi connectivity index (χ1n) is 10.0. The lowest BCUT2D eigenvalue weighted by Gasteiger charge is -2.40. The summed E-state index contributed by atoms with van der Waals surface area (Å²) in [5.41, 5.74) is 8.36. The van der Waals surface area contributed by atoms with Gasteiger partial charge in [-0.05, 0) is 43.4 Å². The fraction of sp³-hybridized carbons (Fsp3) is 0.381. The summed E-state index contributed by atoms with van der Waals surface area (Å²) in [5, 5.41) is 13.7. The van der Waals surface area contributed by atoms with Gasteiger partial charge in [0.25, 0.3) is 5.91 Å². The van der Waals surface area contributed by atoms with Crippen molar-refractivity contribution in [1.82, 2.24) is 15.0 Å². The van der Waals surface area contributed by atoms with E-state index in [1.165, 1.54) is 0 Å². The van der Waals surface area contributed by atoms with Crippen molar-refractivity contribution in [3.8, 4) is 0 Å². The number of aliphatic hydroxyl groups excluding tert-OH is 1. The summed E-state index contributed by atoms with van der Waals surface area (Å²) < 4.78 is 0. The number of amides is 1. The highest BCUT2D eigenvalue weighted by Gasteiger charge is 2.41. The predicted molar refractivity (Wildman–Crippen MR) is 111 cm³/mol. The molecule has 5 N–H and O–H groups in total. The SMILES string of the molecule is NC(=O)c1cnc2[nH]ccc2c1N[C@@H]1C[C@H]2CC[C@@H](C1)N2c1ccc(CO)cn1. The number of rotatable bonds is 5. The molecule has 5 heterocycles. The first kappa shape index (κ1) is 17.9. The van der Waals surface area contributed by atoms with Crippen LogP contribution in [-0.2, 0) is 6.61 Å². The van der Waals surface area contributed by atoms with Crippen molar-refractivity contribution >= 4 is 28.4 Å². The van der Waals surface area contributed by atoms with Gasteiger partial charge >= 0.3 is 0 Å². The number of hydrogen-bond acceptors (Lipinski definition) is 6. The van der Waals surface area contributed by atoms with Gasteiger partial charge in [0.2, 0.25) is 0 Å². The van der Waals surface area contributed by atoms with Crippen molar-refractivity contribution in [3.63, 3.8) is 0 Å². The number of anilines is 2. The van der Waals surface area contributed by atoms with Crippen molar-refractivity contribution < 1.29 is 9.90 Å². The summed E-state index contributed by atoms with van der Waals surface area (Å²) in [5.74, 6) is 0.500. The topological polar surface area (TPSA) is 120 Å². The minimum absolute atomic E-state index is 0.00782. The van der Waals surface area contributed by atoms with Crippen LogP contribution in [0.25, 0.3) is 11.0 Å². The van der Waals surface area contributed by atoms with Gasteiger partial charge in [-0.3, -0.25) is 4.79 Å². The lowest BCUT2D eigenvalue weighted by Crippen LogP contribution is -2.47. The molecule has 0 unspecified atom stereocenters. The highest BCUT2D eigenvalue weighted by atomic mass is 16.3. The number of primary amides is 1. The number of piperidine rings is 1. The number of hydrogen-bond donors (Lipinski definition) is 4. The predicted octanol–water partition coefficient (Wildman–Crippen LogP) is 2.16. The minimum Gasteiger partial charge on any atom is -0.392 e. The third-order valence-electron chi connectivity index (χ3n) is 6.19. The van der Waals surface area contributed by atoms with Crippen LogP contribution in [0.2, 0.25) is 0 Å². The molecule has 2 fully saturated rings. The number of carbonyl (C=O) groups excluding carboxylic acids is 1. The molecule has 0 saturated carbocycles. The van der Waals surface area contributed by atoms with E-state index in [-0.39, 0.29) is 12.6 Å². The average molecular weight is 392 g/mol. The Morgan fingerprint density at radius 2 is 2.00 bits per heavy atom. The molecule has 150 valence electrons. The average Bonchev–Trinajstić information content (AvgIpc) is 3.31. The van der Waals surface area contributed by atoms with Gasteiger partial charge in [-0.1, -0.05) is 6.07 Å². The number of aromatic amines is 1. The molecule has 2 bridgehead atoms. The second kappa shape index (κ2) is 7.04. The Balaban J connectivity index is 1.39. The van der Waals surface area contributed by atoms with E-state index >= 15 is 0 Å². The lowest BCUT2D eigenvalue weighted by molar-refractivity contribution is 0.100. The van der Waals surface area contributed by atoms with Crippen LogP contribution >= 0.6 is 0 Å². The van der Waals surface area contributed by atoms with Gasteiger partial charge in [-0.15, -0.1) is 0 Å². The molecule has 0 spiro atoms. The Hall–Kier alpha value is -3.13. The van der Waals surface area contributed by atoms with Gasteiger partial charge in [0.05, 0.1) is 17.9 Å². The number of fused-ring (bicyclic) bond motifs is 3. The number of nitrogens with zero attached hydrogens (tertiary/aromatic N) is 3. The van der Waals surface area contributed by atoms with Gasteiger partial charge < -0.3 is 26.0 Å². The van der Waals surface area contributed by atoms with Crippen LogP contribution in [0.5, 0.6) is 0 Å². The Kier molecular flexibility index (Phi) is 4.35. The Labute approximate surface area is 168 Å². The van der Waals surface area contributed by atoms with Crippen LogP contribution in [0.4, 0.5) is 11.5 Å². The number of aromatic nitrogens is 3. The van der Waals surface area contributed by atoms with E-state index in [9.17, 15) is 9.90 Å². The van der Waals surface area contributed by atoms with E-state index in [2.05, 4.69) is 25.2 Å². The van der Waals surface area contributed by atoms with Crippen LogP contribution in [0.3, 0.4) is 0 Å². The van der Waals surface area contributed by atoms with Gasteiger partial charge in [-0.25, -0.2) is 9.97 Å². The molecule has 2 aliphatic heterocycles. The number of nitrogens with one attached hydrogen (secondary N) is 2. The zero-order chi connectivity index (χ0) is 20.0. The van der Waals surface area contributed by atoms with E-state index in [4.69, 9.17) is 5.73 Å². The summed E-state index contributed by atoms with van der Waals surface area (Å²) in [6.45, 7) is 0.00782. The van der Waals surface area contributed by atoms with E-state index in [1.807, 2.05) is 24.4 Å². The van der Waals surface area contributed by atoms with Crippen LogP contribution in [0.15, 0.2) is 36.8 Å². The molecule has 1 amide bonds. The summed E-state index contributed by atoms with van der Waals surface area (Å²) >= 11 is 0. The van der Waals surface area contributed by atoms with Crippen molar-refractivity contribution in [1.29, 1.82) is 0 Å². The third-order valence-corrected chi connectivity index (χ3v) is 6.19. The highest BCUT2D eigenvalue weighted by molar-refractivity contribution is 6.06. The second-order valence-electron chi connectivity index (χ2n) is 7.94. The largest absolute Gasteiger partial charge is 0.392 e. The van der Waals surface area contributed by atoms with Crippen molar-refractivity contribution in [3.05, 3.63) is 47.9 Å². The number of carbonyl (C=O) groups is 1. The van der Waals surface area contributed by atoms with Gasteiger partial charge in [-0.2, -0.15) is 0 Å². The molecule has 3 aromatic rings. The number of H-pyrrole nitrogens is 1. The van der Waals surface area contributed by atoms with Crippen LogP contribution in [0, 0.1) is 0 Å². The van der Waals surface area contributed by atoms with E-state index in [0.717, 1.165) is 53.8 Å². The Bertz CT molecular complexity index is 1030. The zero-order valence-corrected chi connectivity index (χ0v) is 16.0. The van der Waals surface area contributed by atoms with E-state index < -0.39 is 5.91 Å². The molecular formula is C21H24N6O2. The Morgan fingerprint density at radius 3 is 2.66 bits per heavy atom. The molecule has 0 aromatic carbocycles. The number of pyridine rings is 2. The molecule has 8 nitrogen and oxygen atoms in total. The molecule has 0 radical (unpaired) electrons. The first-order valence-corrected chi connectivity index (χ1v) is 10.0. The molecule has 2 aliphatic rings. The first-order chi connectivity index (χ1) is 14.1. The Morgan fingerprint density at radius 1 is 1.21 bits per heavy atom. The van der Waals surface area contributed by atoms with Crippen molar-refractivity contribution in [2.75, 3.05) is 10.2 Å². The van der Waals surface area contributed by atoms with Gasteiger partial charge in [0.15, 0.2) is 0 Å². The molecule has 5 rings (SSSR count). The molecule has 3 aromatic heterocycles. The van der Waals surface area contributed by atoms with E-state index in [0.29, 0.717) is 17.6 Å². The summed E-state index contributed by atoms with van der Waals surface area (Å²) in [4.78, 5) is 26.3. The molecule has 29 heavy (non-hydrogen) atoms. The van der Waals surface area contributed by atoms with E-state index in [1.54, 1.807) is 12.4 Å². The molecule has 3 atom stereocenters. The van der Waals surface area contributed by atoms with Crippen molar-refractivity contribution in [2.24, 2.45) is 5.73 Å². The molecule has 0 aliphatic carbocycles. The lowest BCUT2D eigenvalue weighted by atomic mass is 9.96. The minimum atomic E-state index is -0.475. The number of nitrogens with two attached hydrogens (primary N) is 1. The zero-order valence-electron chi connectivity index (χ0n) is 16.0. The fourth-order valence-corrected chi connectivity index (χ4v) is 4.89. The monoisotopic (exact) mass is 392 g/mol. The molecule has 8 heteroatoms. The highest BCUT2D eigenvalue weighted by Crippen LogP contribution is 2.40. The van der Waals surface area contributed by atoms with Crippen LogP contribution in [0.1, 0.15) is 41.6 Å². The maximum atomic E-state index is 12.0. The van der Waals surface area contributed by atoms with Crippen molar-refractivity contribution in [2.45, 2.75) is 50.4 Å². The maximum absolute atomic E-state index is 12.0. The normalized spacial score (nSPS) is 23.5. The van der Waals surface area contributed by atoms with Crippen LogP contribution in [-0.4, -0.2) is 44.1 Å². The summed E-state index contributed by atoms with van der Waals surface area (Å²) in [6, 6.07) is 6.91. The smallest absolute Gasteiger partial charge is 0.252 e. The van der Waals surface area contributed by atoms with Gasteiger partial charge in [0, 0.05) is 42.1 Å².